The highest BCUT2D eigenvalue weighted by Crippen LogP contribution is 2.29. The Kier molecular flexibility index (Phi) is 5.42. The number of carbonyl (C=O) groups excluding carboxylic acids is 1. The predicted octanol–water partition coefficient (Wildman–Crippen LogP) is 6.20. The van der Waals surface area contributed by atoms with E-state index in [4.69, 9.17) is 0 Å². The average Bonchev–Trinajstić information content (AvgIpc) is 3.27. The summed E-state index contributed by atoms with van der Waals surface area (Å²) >= 11 is 0. The summed E-state index contributed by atoms with van der Waals surface area (Å²) in [6.45, 7) is 0.719. The van der Waals surface area contributed by atoms with Gasteiger partial charge in [0.25, 0.3) is 0 Å². The fourth-order valence-electron chi connectivity index (χ4n) is 4.40. The molecular weight excluding hydrogens is 394 g/mol. The van der Waals surface area contributed by atoms with Crippen LogP contribution in [-0.4, -0.2) is 24.2 Å². The third-order valence-electron chi connectivity index (χ3n) is 6.02. The fourth-order valence-corrected chi connectivity index (χ4v) is 4.40. The lowest BCUT2D eigenvalue weighted by Crippen LogP contribution is -2.31. The molecule has 1 amide bonds. The van der Waals surface area contributed by atoms with E-state index in [1.807, 2.05) is 48.6 Å². The molecule has 158 valence electrons. The predicted molar refractivity (Wildman–Crippen MR) is 135 cm³/mol. The first kappa shape index (κ1) is 20.0. The maximum absolute atomic E-state index is 13.0. The maximum atomic E-state index is 13.0. The monoisotopic (exact) mass is 419 g/mol. The summed E-state index contributed by atoms with van der Waals surface area (Å²) in [6, 6.07) is 28.6. The second-order valence-electron chi connectivity index (χ2n) is 8.20. The number of nitrogens with zero attached hydrogens (tertiary/aromatic N) is 1. The molecule has 0 bridgehead atoms. The Hall–Kier alpha value is -3.92. The van der Waals surface area contributed by atoms with E-state index in [1.165, 1.54) is 10.8 Å². The summed E-state index contributed by atoms with van der Waals surface area (Å²) in [4.78, 5) is 17.7. The van der Waals surface area contributed by atoms with Crippen molar-refractivity contribution in [3.63, 3.8) is 0 Å². The van der Waals surface area contributed by atoms with Gasteiger partial charge in [0.1, 0.15) is 0 Å². The summed E-state index contributed by atoms with van der Waals surface area (Å²) in [5.41, 5.74) is 1.42. The minimum absolute atomic E-state index is 0.0322. The molecule has 0 aliphatic carbocycles. The van der Waals surface area contributed by atoms with E-state index in [0.29, 0.717) is 6.42 Å². The normalized spacial score (nSPS) is 17.1. The van der Waals surface area contributed by atoms with Crippen LogP contribution < -0.4 is 10.6 Å². The topological polar surface area (TPSA) is 53.5 Å². The third kappa shape index (κ3) is 4.12. The van der Waals surface area contributed by atoms with E-state index in [-0.39, 0.29) is 5.91 Å². The lowest BCUT2D eigenvalue weighted by atomic mass is 9.92. The van der Waals surface area contributed by atoms with Crippen molar-refractivity contribution in [3.05, 3.63) is 97.1 Å². The molecule has 32 heavy (non-hydrogen) atoms. The van der Waals surface area contributed by atoms with Crippen LogP contribution in [0.4, 0.5) is 11.4 Å². The van der Waals surface area contributed by atoms with Crippen LogP contribution in [0, 0.1) is 0 Å². The van der Waals surface area contributed by atoms with Gasteiger partial charge in [0.05, 0.1) is 12.0 Å². The number of aliphatic imine (C=N–C) groups is 1. The van der Waals surface area contributed by atoms with Crippen molar-refractivity contribution in [1.29, 1.82) is 0 Å². The highest BCUT2D eigenvalue weighted by Gasteiger charge is 2.30. The number of carbonyl (C=O) groups is 1. The van der Waals surface area contributed by atoms with Gasteiger partial charge in [0.15, 0.2) is 0 Å². The van der Waals surface area contributed by atoms with E-state index in [1.54, 1.807) is 6.21 Å². The first-order valence-electron chi connectivity index (χ1n) is 10.9. The minimum Gasteiger partial charge on any atom is -0.384 e. The zero-order chi connectivity index (χ0) is 21.8. The molecule has 0 saturated heterocycles. The molecule has 0 spiro atoms. The molecule has 2 N–H and O–H groups in total. The van der Waals surface area contributed by atoms with Crippen molar-refractivity contribution in [1.82, 2.24) is 0 Å². The average molecular weight is 420 g/mol. The van der Waals surface area contributed by atoms with Gasteiger partial charge in [-0.2, -0.15) is 0 Å². The molecule has 4 nitrogen and oxygen atoms in total. The van der Waals surface area contributed by atoms with Gasteiger partial charge in [-0.25, -0.2) is 0 Å². The number of rotatable bonds is 7. The number of benzene rings is 4. The molecule has 4 heteroatoms. The van der Waals surface area contributed by atoms with Gasteiger partial charge in [-0.3, -0.25) is 9.79 Å². The van der Waals surface area contributed by atoms with Gasteiger partial charge >= 0.3 is 0 Å². The number of hydrogen-bond donors (Lipinski definition) is 2. The van der Waals surface area contributed by atoms with Crippen molar-refractivity contribution in [2.75, 3.05) is 17.2 Å². The molecule has 1 atom stereocenters. The molecule has 4 aromatic carbocycles. The van der Waals surface area contributed by atoms with E-state index in [2.05, 4.69) is 64.2 Å². The van der Waals surface area contributed by atoms with E-state index in [0.717, 1.165) is 35.1 Å². The van der Waals surface area contributed by atoms with E-state index in [9.17, 15) is 4.79 Å². The maximum Gasteiger partial charge on any atom is 0.227 e. The van der Waals surface area contributed by atoms with E-state index < -0.39 is 5.54 Å². The summed E-state index contributed by atoms with van der Waals surface area (Å²) < 4.78 is 0. The van der Waals surface area contributed by atoms with Crippen molar-refractivity contribution in [2.45, 2.75) is 18.4 Å². The highest BCUT2D eigenvalue weighted by molar-refractivity contribution is 6.02. The molecule has 4 aromatic rings. The van der Waals surface area contributed by atoms with Crippen molar-refractivity contribution in [3.8, 4) is 0 Å². The van der Waals surface area contributed by atoms with Gasteiger partial charge in [0, 0.05) is 34.9 Å². The van der Waals surface area contributed by atoms with Gasteiger partial charge in [-0.1, -0.05) is 78.9 Å². The number of fused-ring (bicyclic) bond motifs is 2. The van der Waals surface area contributed by atoms with E-state index >= 15 is 0 Å². The van der Waals surface area contributed by atoms with Crippen LogP contribution in [0.3, 0.4) is 0 Å². The molecule has 0 radical (unpaired) electrons. The molecule has 1 aliphatic rings. The largest absolute Gasteiger partial charge is 0.384 e. The first-order valence-corrected chi connectivity index (χ1v) is 10.9. The first-order chi connectivity index (χ1) is 15.7. The zero-order valence-electron chi connectivity index (χ0n) is 17.8. The Bertz CT molecular complexity index is 1320. The van der Waals surface area contributed by atoms with Crippen LogP contribution in [0.5, 0.6) is 0 Å². The number of nitrogens with one attached hydrogen (secondary N) is 2. The number of anilines is 2. The Labute approximate surface area is 187 Å². The molecule has 5 rings (SSSR count). The van der Waals surface area contributed by atoms with Crippen LogP contribution in [0.15, 0.2) is 102 Å². The Morgan fingerprint density at radius 3 is 2.09 bits per heavy atom. The Morgan fingerprint density at radius 2 is 1.41 bits per heavy atom. The summed E-state index contributed by atoms with van der Waals surface area (Å²) in [5.74, 6) is -0.0322. The van der Waals surface area contributed by atoms with Crippen LogP contribution in [0.25, 0.3) is 21.5 Å². The van der Waals surface area contributed by atoms with Crippen LogP contribution >= 0.6 is 0 Å². The lowest BCUT2D eigenvalue weighted by Gasteiger charge is -2.24. The summed E-state index contributed by atoms with van der Waals surface area (Å²) in [7, 11) is 0. The van der Waals surface area contributed by atoms with Crippen LogP contribution in [-0.2, 0) is 4.79 Å². The lowest BCUT2D eigenvalue weighted by molar-refractivity contribution is -0.117. The SMILES string of the molecule is O=C(CC1(CCNc2cccc3ccccc23)C=CC=N1)Nc1cccc2ccccc12. The molecule has 0 saturated carbocycles. The standard InChI is InChI=1S/C28H25N3O/c32-27(31-26-15-6-11-22-9-2-4-13-24(22)26)20-28(16-7-18-30-28)17-19-29-25-14-5-10-21-8-1-3-12-23(21)25/h1-16,18,29H,17,19-20H2,(H,31,32). The summed E-state index contributed by atoms with van der Waals surface area (Å²) in [6.07, 6.45) is 6.80. The molecular formula is C28H25N3O. The molecule has 1 heterocycles. The van der Waals surface area contributed by atoms with Gasteiger partial charge in [0.2, 0.25) is 5.91 Å². The Balaban J connectivity index is 1.27. The fraction of sp³-hybridized carbons (Fsp3) is 0.143. The minimum atomic E-state index is -0.522. The quantitative estimate of drug-likeness (QED) is 0.374. The van der Waals surface area contributed by atoms with Gasteiger partial charge in [-0.15, -0.1) is 0 Å². The molecule has 0 fully saturated rings. The zero-order valence-corrected chi connectivity index (χ0v) is 17.8. The van der Waals surface area contributed by atoms with Crippen LogP contribution in [0.2, 0.25) is 0 Å². The van der Waals surface area contributed by atoms with Gasteiger partial charge < -0.3 is 10.6 Å². The molecule has 0 aromatic heterocycles. The van der Waals surface area contributed by atoms with Gasteiger partial charge in [-0.05, 0) is 35.4 Å². The van der Waals surface area contributed by atoms with Crippen LogP contribution in [0.1, 0.15) is 12.8 Å². The van der Waals surface area contributed by atoms with Crippen molar-refractivity contribution in [2.24, 2.45) is 4.99 Å². The number of amides is 1. The number of allylic oxidation sites excluding steroid dienone is 1. The smallest absolute Gasteiger partial charge is 0.227 e. The second-order valence-corrected chi connectivity index (χ2v) is 8.20. The second kappa shape index (κ2) is 8.67. The van der Waals surface area contributed by atoms with Crippen molar-refractivity contribution < 1.29 is 4.79 Å². The van der Waals surface area contributed by atoms with Crippen molar-refractivity contribution >= 4 is 45.0 Å². The molecule has 1 unspecified atom stereocenters. The highest BCUT2D eigenvalue weighted by atomic mass is 16.1. The Morgan fingerprint density at radius 1 is 0.781 bits per heavy atom. The summed E-state index contributed by atoms with van der Waals surface area (Å²) in [5, 5.41) is 11.2. The number of hydrogen-bond acceptors (Lipinski definition) is 3. The third-order valence-corrected chi connectivity index (χ3v) is 6.02. The molecule has 1 aliphatic heterocycles.